The summed E-state index contributed by atoms with van der Waals surface area (Å²) in [5.74, 6) is -1.45. The zero-order valence-corrected chi connectivity index (χ0v) is 24.1. The van der Waals surface area contributed by atoms with E-state index in [1.54, 1.807) is 29.8 Å². The molecule has 0 spiro atoms. The van der Waals surface area contributed by atoms with Crippen LogP contribution in [0.15, 0.2) is 42.0 Å². The van der Waals surface area contributed by atoms with Crippen molar-refractivity contribution in [1.29, 1.82) is 0 Å². The van der Waals surface area contributed by atoms with Gasteiger partial charge in [0, 0.05) is 17.4 Å². The number of carbonyl (C=O) groups is 3. The number of nitrogens with one attached hydrogen (secondary N) is 1. The minimum absolute atomic E-state index is 0.00695. The zero-order valence-electron chi connectivity index (χ0n) is 23.3. The minimum atomic E-state index is -1.01. The fourth-order valence-corrected chi connectivity index (χ4v) is 6.34. The second kappa shape index (κ2) is 11.4. The van der Waals surface area contributed by atoms with Crippen molar-refractivity contribution in [3.05, 3.63) is 47.5 Å². The van der Waals surface area contributed by atoms with Crippen molar-refractivity contribution >= 4 is 29.5 Å². The number of benzene rings is 1. The van der Waals surface area contributed by atoms with E-state index in [0.717, 1.165) is 5.56 Å². The van der Waals surface area contributed by atoms with Gasteiger partial charge in [-0.05, 0) is 44.7 Å². The van der Waals surface area contributed by atoms with E-state index in [4.69, 9.17) is 0 Å². The first kappa shape index (κ1) is 29.9. The molecule has 0 aromatic heterocycles. The van der Waals surface area contributed by atoms with Crippen LogP contribution in [0.3, 0.4) is 0 Å². The van der Waals surface area contributed by atoms with Crippen LogP contribution in [0, 0.1) is 11.3 Å². The second-order valence-electron chi connectivity index (χ2n) is 11.7. The number of carboxylic acids is 1. The molecule has 1 aromatic rings. The molecule has 2 amide bonds. The molecule has 2 rings (SSSR count). The van der Waals surface area contributed by atoms with Crippen molar-refractivity contribution in [2.75, 3.05) is 14.1 Å². The van der Waals surface area contributed by atoms with Gasteiger partial charge in [-0.15, -0.1) is 11.8 Å². The number of rotatable bonds is 8. The van der Waals surface area contributed by atoms with Crippen LogP contribution in [-0.2, 0) is 14.4 Å². The van der Waals surface area contributed by atoms with Gasteiger partial charge in [0.2, 0.25) is 11.8 Å². The number of hydrogen-bond acceptors (Lipinski definition) is 5. The van der Waals surface area contributed by atoms with Gasteiger partial charge in [-0.3, -0.25) is 14.5 Å². The van der Waals surface area contributed by atoms with Gasteiger partial charge in [0.05, 0.1) is 11.4 Å². The molecule has 4 atom stereocenters. The second-order valence-corrected chi connectivity index (χ2v) is 13.4. The maximum absolute atomic E-state index is 13.8. The Labute approximate surface area is 220 Å². The van der Waals surface area contributed by atoms with E-state index >= 15 is 0 Å². The van der Waals surface area contributed by atoms with Crippen LogP contribution in [0.4, 0.5) is 0 Å². The number of hydrogen-bond donors (Lipinski definition) is 2. The summed E-state index contributed by atoms with van der Waals surface area (Å²) in [5.41, 5.74) is 0.765. The highest BCUT2D eigenvalue weighted by Crippen LogP contribution is 2.51. The summed E-state index contributed by atoms with van der Waals surface area (Å²) in [4.78, 5) is 42.6. The third-order valence-corrected chi connectivity index (χ3v) is 8.48. The maximum atomic E-state index is 13.8. The van der Waals surface area contributed by atoms with Crippen LogP contribution in [0.1, 0.15) is 66.3 Å². The van der Waals surface area contributed by atoms with E-state index in [2.05, 4.69) is 36.2 Å². The van der Waals surface area contributed by atoms with Crippen LogP contribution < -0.4 is 5.32 Å². The van der Waals surface area contributed by atoms with E-state index in [9.17, 15) is 19.5 Å². The molecule has 36 heavy (non-hydrogen) atoms. The highest BCUT2D eigenvalue weighted by molar-refractivity contribution is 8.01. The molecule has 1 aromatic carbocycles. The highest BCUT2D eigenvalue weighted by atomic mass is 32.2. The molecule has 1 heterocycles. The van der Waals surface area contributed by atoms with Crippen LogP contribution >= 0.6 is 11.8 Å². The van der Waals surface area contributed by atoms with Gasteiger partial charge < -0.3 is 15.3 Å². The average molecular weight is 518 g/mol. The van der Waals surface area contributed by atoms with Crippen molar-refractivity contribution in [2.24, 2.45) is 11.3 Å². The molecule has 0 radical (unpaired) electrons. The Morgan fingerprint density at radius 2 is 1.72 bits per heavy atom. The Morgan fingerprint density at radius 1 is 1.17 bits per heavy atom. The van der Waals surface area contributed by atoms with E-state index in [1.807, 2.05) is 59.9 Å². The molecular formula is C28H43N3O4S. The normalized spacial score (nSPS) is 22.2. The fourth-order valence-electron chi connectivity index (χ4n) is 4.78. The van der Waals surface area contributed by atoms with Crippen molar-refractivity contribution in [2.45, 2.75) is 83.6 Å². The molecule has 0 saturated carbocycles. The number of aliphatic carboxylic acids is 1. The predicted molar refractivity (Wildman–Crippen MR) is 147 cm³/mol. The molecule has 200 valence electrons. The molecule has 7 nitrogen and oxygen atoms in total. The maximum Gasteiger partial charge on any atom is 0.331 e. The number of nitrogens with zero attached hydrogens (tertiary/aromatic N) is 2. The lowest BCUT2D eigenvalue weighted by molar-refractivity contribution is -0.141. The summed E-state index contributed by atoms with van der Waals surface area (Å²) in [6.45, 7) is 15.3. The highest BCUT2D eigenvalue weighted by Gasteiger charge is 2.51. The zero-order chi connectivity index (χ0) is 27.6. The van der Waals surface area contributed by atoms with E-state index in [-0.39, 0.29) is 33.4 Å². The SMILES string of the molecule is CC(=C[C@H](C(C)C)N(C)C(=O)[C@@H](NC(=O)C1N(C)[C@@H](c2ccccc2)SC1(C)C)C(C)(C)C)C(=O)O. The lowest BCUT2D eigenvalue weighted by Crippen LogP contribution is -2.60. The van der Waals surface area contributed by atoms with Crippen LogP contribution in [0.2, 0.25) is 0 Å². The third-order valence-electron chi connectivity index (χ3n) is 6.82. The molecule has 2 N–H and O–H groups in total. The summed E-state index contributed by atoms with van der Waals surface area (Å²) in [6.07, 6.45) is 1.61. The number of carbonyl (C=O) groups excluding carboxylic acids is 2. The first-order valence-electron chi connectivity index (χ1n) is 12.4. The Bertz CT molecular complexity index is 984. The number of thioether (sulfide) groups is 1. The topological polar surface area (TPSA) is 90.0 Å². The Hall–Kier alpha value is -2.32. The molecular weight excluding hydrogens is 474 g/mol. The Morgan fingerprint density at radius 3 is 2.19 bits per heavy atom. The summed E-state index contributed by atoms with van der Waals surface area (Å²) >= 11 is 1.74. The molecule has 1 aliphatic rings. The minimum Gasteiger partial charge on any atom is -0.478 e. The van der Waals surface area contributed by atoms with Crippen LogP contribution in [-0.4, -0.2) is 69.7 Å². The summed E-state index contributed by atoms with van der Waals surface area (Å²) in [6, 6.07) is 8.48. The first-order chi connectivity index (χ1) is 16.5. The molecule has 0 bridgehead atoms. The Kier molecular flexibility index (Phi) is 9.46. The number of likely N-dealkylation sites (N-methyl/N-ethyl adjacent to an activating group) is 2. The monoisotopic (exact) mass is 517 g/mol. The van der Waals surface area contributed by atoms with Crippen LogP contribution in [0.5, 0.6) is 0 Å². The Balaban J connectivity index is 2.34. The van der Waals surface area contributed by atoms with E-state index < -0.39 is 29.5 Å². The average Bonchev–Trinajstić information content (AvgIpc) is 3.02. The predicted octanol–water partition coefficient (Wildman–Crippen LogP) is 4.56. The number of amides is 2. The molecule has 1 saturated heterocycles. The quantitative estimate of drug-likeness (QED) is 0.492. The smallest absolute Gasteiger partial charge is 0.331 e. The van der Waals surface area contributed by atoms with Gasteiger partial charge in [-0.1, -0.05) is 71.0 Å². The standard InChI is InChI=1S/C28H43N3O4S/c1-17(2)20(16-18(3)26(34)35)30(9)24(33)21(27(4,5)6)29-23(32)22-28(7,8)36-25(31(22)10)19-14-12-11-13-15-19/h11-17,20-22,25H,1-10H3,(H,29,32)(H,34,35)/t20-,21-,22?,25-/m1/s1. The van der Waals surface area contributed by atoms with Gasteiger partial charge in [0.15, 0.2) is 0 Å². The van der Waals surface area contributed by atoms with Crippen molar-refractivity contribution in [3.63, 3.8) is 0 Å². The van der Waals surface area contributed by atoms with Crippen molar-refractivity contribution in [3.8, 4) is 0 Å². The summed E-state index contributed by atoms with van der Waals surface area (Å²) in [7, 11) is 3.63. The lowest BCUT2D eigenvalue weighted by Gasteiger charge is -2.39. The van der Waals surface area contributed by atoms with E-state index in [0.29, 0.717) is 0 Å². The summed E-state index contributed by atoms with van der Waals surface area (Å²) in [5, 5.41) is 12.5. The molecule has 0 aliphatic carbocycles. The van der Waals surface area contributed by atoms with Crippen molar-refractivity contribution < 1.29 is 19.5 Å². The number of carboxylic acid groups (broad SMARTS) is 1. The van der Waals surface area contributed by atoms with Gasteiger partial charge >= 0.3 is 5.97 Å². The van der Waals surface area contributed by atoms with E-state index in [1.165, 1.54) is 6.92 Å². The van der Waals surface area contributed by atoms with Gasteiger partial charge in [0.25, 0.3) is 0 Å². The molecule has 8 heteroatoms. The summed E-state index contributed by atoms with van der Waals surface area (Å²) < 4.78 is -0.376. The fraction of sp³-hybridized carbons (Fsp3) is 0.607. The lowest BCUT2D eigenvalue weighted by atomic mass is 9.84. The molecule has 1 unspecified atom stereocenters. The van der Waals surface area contributed by atoms with Gasteiger partial charge in [-0.2, -0.15) is 0 Å². The van der Waals surface area contributed by atoms with Crippen molar-refractivity contribution in [1.82, 2.24) is 15.1 Å². The van der Waals surface area contributed by atoms with Gasteiger partial charge in [-0.25, -0.2) is 4.79 Å². The molecule has 1 fully saturated rings. The van der Waals surface area contributed by atoms with Gasteiger partial charge in [0.1, 0.15) is 12.1 Å². The van der Waals surface area contributed by atoms with Crippen LogP contribution in [0.25, 0.3) is 0 Å². The third kappa shape index (κ3) is 6.71. The first-order valence-corrected chi connectivity index (χ1v) is 13.3. The molecule has 1 aliphatic heterocycles. The largest absolute Gasteiger partial charge is 0.478 e.